The number of aliphatic imine (C=N–C) groups is 1. The maximum atomic E-state index is 11.6. The van der Waals surface area contributed by atoms with Crippen molar-refractivity contribution in [2.75, 3.05) is 52.6 Å². The lowest BCUT2D eigenvalue weighted by Gasteiger charge is -2.33. The molecule has 2 heterocycles. The molecule has 0 spiro atoms. The first-order chi connectivity index (χ1) is 12.4. The van der Waals surface area contributed by atoms with E-state index in [1.165, 1.54) is 32.1 Å². The van der Waals surface area contributed by atoms with Gasteiger partial charge in [-0.1, -0.05) is 6.42 Å². The summed E-state index contributed by atoms with van der Waals surface area (Å²) in [6, 6.07) is 0.721. The Morgan fingerprint density at radius 2 is 1.85 bits per heavy atom. The van der Waals surface area contributed by atoms with Crippen LogP contribution in [0, 0.1) is 5.92 Å². The van der Waals surface area contributed by atoms with Crippen molar-refractivity contribution in [3.8, 4) is 0 Å². The normalized spacial score (nSPS) is 24.6. The molecule has 2 saturated heterocycles. The van der Waals surface area contributed by atoms with Crippen molar-refractivity contribution in [1.29, 1.82) is 0 Å². The third-order valence-electron chi connectivity index (χ3n) is 5.68. The van der Waals surface area contributed by atoms with Crippen LogP contribution in [0.2, 0.25) is 0 Å². The van der Waals surface area contributed by atoms with Gasteiger partial charge in [0.1, 0.15) is 0 Å². The molecular weight excluding hydrogens is 350 g/mol. The number of sulfonamides is 1. The molecule has 0 aromatic rings. The van der Waals surface area contributed by atoms with Crippen LogP contribution in [0.1, 0.15) is 45.4 Å². The maximum Gasteiger partial charge on any atom is 0.211 e. The zero-order valence-corrected chi connectivity index (χ0v) is 17.5. The van der Waals surface area contributed by atoms with Gasteiger partial charge in [0, 0.05) is 45.8 Å². The van der Waals surface area contributed by atoms with Gasteiger partial charge in [0.15, 0.2) is 5.96 Å². The van der Waals surface area contributed by atoms with Gasteiger partial charge >= 0.3 is 0 Å². The SMILES string of the molecule is CN=C(NCCCN1CCCCC1C)NCC1CCN(S(C)(=O)=O)CC1. The Bertz CT molecular complexity index is 544. The van der Waals surface area contributed by atoms with E-state index in [-0.39, 0.29) is 0 Å². The number of nitrogens with zero attached hydrogens (tertiary/aromatic N) is 3. The molecule has 152 valence electrons. The lowest BCUT2D eigenvalue weighted by molar-refractivity contribution is 0.159. The van der Waals surface area contributed by atoms with Gasteiger partial charge in [-0.2, -0.15) is 0 Å². The van der Waals surface area contributed by atoms with Crippen LogP contribution in [0.15, 0.2) is 4.99 Å². The molecule has 2 aliphatic rings. The van der Waals surface area contributed by atoms with Crippen molar-refractivity contribution in [2.24, 2.45) is 10.9 Å². The number of rotatable bonds is 7. The van der Waals surface area contributed by atoms with Crippen molar-refractivity contribution in [1.82, 2.24) is 19.8 Å². The van der Waals surface area contributed by atoms with Gasteiger partial charge in [0.25, 0.3) is 0 Å². The largest absolute Gasteiger partial charge is 0.356 e. The number of likely N-dealkylation sites (tertiary alicyclic amines) is 1. The van der Waals surface area contributed by atoms with Gasteiger partial charge in [-0.15, -0.1) is 0 Å². The van der Waals surface area contributed by atoms with Gasteiger partial charge in [-0.05, 0) is 51.5 Å². The highest BCUT2D eigenvalue weighted by atomic mass is 32.2. The van der Waals surface area contributed by atoms with Crippen LogP contribution in [-0.2, 0) is 10.0 Å². The minimum atomic E-state index is -3.04. The van der Waals surface area contributed by atoms with Gasteiger partial charge in [-0.25, -0.2) is 12.7 Å². The summed E-state index contributed by atoms with van der Waals surface area (Å²) in [7, 11) is -1.24. The third kappa shape index (κ3) is 7.04. The monoisotopic (exact) mass is 387 g/mol. The van der Waals surface area contributed by atoms with E-state index >= 15 is 0 Å². The number of piperidine rings is 2. The minimum absolute atomic E-state index is 0.501. The summed E-state index contributed by atoms with van der Waals surface area (Å²) < 4.78 is 24.7. The summed E-state index contributed by atoms with van der Waals surface area (Å²) in [6.07, 6.45) is 8.26. The van der Waals surface area contributed by atoms with Crippen LogP contribution >= 0.6 is 0 Å². The standard InChI is InChI=1S/C18H37N5O2S/c1-16-7-4-5-11-22(16)12-6-10-20-18(19-2)21-15-17-8-13-23(14-9-17)26(3,24)25/h16-17H,4-15H2,1-3H3,(H2,19,20,21). The van der Waals surface area contributed by atoms with Crippen molar-refractivity contribution < 1.29 is 8.42 Å². The van der Waals surface area contributed by atoms with Crippen molar-refractivity contribution in [3.05, 3.63) is 0 Å². The van der Waals surface area contributed by atoms with E-state index in [9.17, 15) is 8.42 Å². The first-order valence-corrected chi connectivity index (χ1v) is 11.9. The van der Waals surface area contributed by atoms with Crippen LogP contribution < -0.4 is 10.6 Å². The smallest absolute Gasteiger partial charge is 0.211 e. The Labute approximate surface area is 159 Å². The summed E-state index contributed by atoms with van der Waals surface area (Å²) in [5, 5.41) is 6.80. The van der Waals surface area contributed by atoms with Crippen LogP contribution in [0.25, 0.3) is 0 Å². The average molecular weight is 388 g/mol. The quantitative estimate of drug-likeness (QED) is 0.388. The molecule has 1 unspecified atom stereocenters. The van der Waals surface area contributed by atoms with E-state index in [2.05, 4.69) is 27.4 Å². The molecule has 7 nitrogen and oxygen atoms in total. The maximum absolute atomic E-state index is 11.6. The van der Waals surface area contributed by atoms with Crippen molar-refractivity contribution >= 4 is 16.0 Å². The summed E-state index contributed by atoms with van der Waals surface area (Å²) in [4.78, 5) is 6.89. The van der Waals surface area contributed by atoms with Gasteiger partial charge in [-0.3, -0.25) is 4.99 Å². The van der Waals surface area contributed by atoms with Gasteiger partial charge < -0.3 is 15.5 Å². The molecule has 2 N–H and O–H groups in total. The van der Waals surface area contributed by atoms with Crippen LogP contribution in [-0.4, -0.2) is 82.2 Å². The summed E-state index contributed by atoms with van der Waals surface area (Å²) >= 11 is 0. The molecule has 2 fully saturated rings. The van der Waals surface area contributed by atoms with E-state index in [0.29, 0.717) is 19.0 Å². The molecule has 0 amide bonds. The van der Waals surface area contributed by atoms with E-state index in [0.717, 1.165) is 50.9 Å². The Balaban J connectivity index is 1.59. The average Bonchev–Trinajstić information content (AvgIpc) is 2.62. The predicted molar refractivity (Wildman–Crippen MR) is 108 cm³/mol. The first-order valence-electron chi connectivity index (χ1n) is 10.0. The molecule has 0 aromatic carbocycles. The highest BCUT2D eigenvalue weighted by Crippen LogP contribution is 2.18. The number of hydrogen-bond acceptors (Lipinski definition) is 4. The molecule has 0 aliphatic carbocycles. The van der Waals surface area contributed by atoms with Crippen LogP contribution in [0.3, 0.4) is 0 Å². The Kier molecular flexibility index (Phi) is 8.63. The fraction of sp³-hybridized carbons (Fsp3) is 0.944. The summed E-state index contributed by atoms with van der Waals surface area (Å²) in [5.74, 6) is 1.35. The second kappa shape index (κ2) is 10.5. The summed E-state index contributed by atoms with van der Waals surface area (Å²) in [6.45, 7) is 7.75. The molecule has 0 radical (unpaired) electrons. The zero-order valence-electron chi connectivity index (χ0n) is 16.7. The highest BCUT2D eigenvalue weighted by Gasteiger charge is 2.24. The first kappa shape index (κ1) is 21.4. The van der Waals surface area contributed by atoms with Gasteiger partial charge in [0.2, 0.25) is 10.0 Å². The number of nitrogens with one attached hydrogen (secondary N) is 2. The highest BCUT2D eigenvalue weighted by molar-refractivity contribution is 7.88. The molecule has 0 bridgehead atoms. The van der Waals surface area contributed by atoms with E-state index in [1.54, 1.807) is 11.4 Å². The second-order valence-corrected chi connectivity index (χ2v) is 9.70. The third-order valence-corrected chi connectivity index (χ3v) is 6.98. The van der Waals surface area contributed by atoms with E-state index in [1.807, 2.05) is 0 Å². The van der Waals surface area contributed by atoms with Crippen molar-refractivity contribution in [3.63, 3.8) is 0 Å². The zero-order chi connectivity index (χ0) is 19.0. The predicted octanol–water partition coefficient (Wildman–Crippen LogP) is 1.09. The molecule has 1 atom stereocenters. The molecule has 2 rings (SSSR count). The minimum Gasteiger partial charge on any atom is -0.356 e. The van der Waals surface area contributed by atoms with E-state index < -0.39 is 10.0 Å². The van der Waals surface area contributed by atoms with Crippen LogP contribution in [0.4, 0.5) is 0 Å². The van der Waals surface area contributed by atoms with Crippen molar-refractivity contribution in [2.45, 2.75) is 51.5 Å². The molecule has 0 saturated carbocycles. The number of guanidine groups is 1. The number of hydrogen-bond donors (Lipinski definition) is 2. The molecule has 2 aliphatic heterocycles. The fourth-order valence-corrected chi connectivity index (χ4v) is 4.76. The molecular formula is C18H37N5O2S. The summed E-state index contributed by atoms with van der Waals surface area (Å²) in [5.41, 5.74) is 0. The van der Waals surface area contributed by atoms with Gasteiger partial charge in [0.05, 0.1) is 6.26 Å². The molecule has 8 heteroatoms. The van der Waals surface area contributed by atoms with E-state index in [4.69, 9.17) is 0 Å². The molecule has 26 heavy (non-hydrogen) atoms. The van der Waals surface area contributed by atoms with Crippen LogP contribution in [0.5, 0.6) is 0 Å². The second-order valence-electron chi connectivity index (χ2n) is 7.72. The Morgan fingerprint density at radius 1 is 1.12 bits per heavy atom. The fourth-order valence-electron chi connectivity index (χ4n) is 3.89. The lowest BCUT2D eigenvalue weighted by Crippen LogP contribution is -2.44. The topological polar surface area (TPSA) is 77.0 Å². The Hall–Kier alpha value is -0.860. The lowest BCUT2D eigenvalue weighted by atomic mass is 9.98. The Morgan fingerprint density at radius 3 is 2.46 bits per heavy atom. The molecule has 0 aromatic heterocycles.